The lowest BCUT2D eigenvalue weighted by Gasteiger charge is -2.04. The summed E-state index contributed by atoms with van der Waals surface area (Å²) in [5.41, 5.74) is 8.24. The maximum absolute atomic E-state index is 11.7. The van der Waals surface area contributed by atoms with Gasteiger partial charge in [-0.3, -0.25) is 9.78 Å². The van der Waals surface area contributed by atoms with Gasteiger partial charge in [-0.15, -0.1) is 0 Å². The molecule has 21 heavy (non-hydrogen) atoms. The van der Waals surface area contributed by atoms with Crippen LogP contribution in [0.15, 0.2) is 24.5 Å². The van der Waals surface area contributed by atoms with E-state index >= 15 is 0 Å². The average molecular weight is 289 g/mol. The van der Waals surface area contributed by atoms with Gasteiger partial charge in [0.25, 0.3) is 0 Å². The molecule has 2 aromatic rings. The average Bonchev–Trinajstić information content (AvgIpc) is 2.82. The zero-order valence-electron chi connectivity index (χ0n) is 11.4. The Bertz CT molecular complexity index is 664. The standard InChI is InChI=1S/C14H15N3O4/c1-21-14(20)13-12(15)11(8-3-2-6-16-7-8)9(17-13)4-5-10(18)19/h2-3,6-7,17H,4-5,15H2,1H3,(H,18,19). The fourth-order valence-electron chi connectivity index (χ4n) is 2.09. The van der Waals surface area contributed by atoms with Crippen LogP contribution < -0.4 is 5.73 Å². The van der Waals surface area contributed by atoms with Gasteiger partial charge in [0, 0.05) is 29.2 Å². The third-order valence-electron chi connectivity index (χ3n) is 3.04. The number of H-pyrrole nitrogens is 1. The predicted octanol–water partition coefficient (Wildman–Crippen LogP) is 1.46. The second-order valence-electron chi connectivity index (χ2n) is 4.39. The molecular weight excluding hydrogens is 274 g/mol. The molecule has 7 nitrogen and oxygen atoms in total. The first-order valence-electron chi connectivity index (χ1n) is 6.25. The van der Waals surface area contributed by atoms with E-state index in [2.05, 4.69) is 14.7 Å². The molecule has 110 valence electrons. The monoisotopic (exact) mass is 289 g/mol. The molecule has 0 spiro atoms. The first kappa shape index (κ1) is 14.6. The Kier molecular flexibility index (Phi) is 4.22. The number of ether oxygens (including phenoxy) is 1. The third kappa shape index (κ3) is 3.02. The van der Waals surface area contributed by atoms with Crippen LogP contribution in [0.4, 0.5) is 5.69 Å². The number of hydrogen-bond donors (Lipinski definition) is 3. The Morgan fingerprint density at radius 2 is 2.24 bits per heavy atom. The van der Waals surface area contributed by atoms with Crippen molar-refractivity contribution in [2.45, 2.75) is 12.8 Å². The highest BCUT2D eigenvalue weighted by Gasteiger charge is 2.22. The van der Waals surface area contributed by atoms with Crippen LogP contribution in [0.3, 0.4) is 0 Å². The molecule has 0 saturated carbocycles. The minimum absolute atomic E-state index is 0.0756. The molecule has 2 heterocycles. The van der Waals surface area contributed by atoms with Crippen LogP contribution in [0.5, 0.6) is 0 Å². The SMILES string of the molecule is COC(=O)c1[nH]c(CCC(=O)O)c(-c2cccnc2)c1N. The number of nitrogens with one attached hydrogen (secondary N) is 1. The Hall–Kier alpha value is -2.83. The summed E-state index contributed by atoms with van der Waals surface area (Å²) >= 11 is 0. The van der Waals surface area contributed by atoms with E-state index in [1.54, 1.807) is 24.5 Å². The quantitative estimate of drug-likeness (QED) is 0.717. The number of methoxy groups -OCH3 is 1. The summed E-state index contributed by atoms with van der Waals surface area (Å²) in [6, 6.07) is 3.53. The molecule has 0 atom stereocenters. The highest BCUT2D eigenvalue weighted by atomic mass is 16.5. The Morgan fingerprint density at radius 1 is 1.48 bits per heavy atom. The third-order valence-corrected chi connectivity index (χ3v) is 3.04. The van der Waals surface area contributed by atoms with Crippen LogP contribution >= 0.6 is 0 Å². The zero-order chi connectivity index (χ0) is 15.4. The number of nitrogen functional groups attached to an aromatic ring is 1. The first-order valence-corrected chi connectivity index (χ1v) is 6.25. The van der Waals surface area contributed by atoms with Crippen molar-refractivity contribution < 1.29 is 19.4 Å². The number of aryl methyl sites for hydroxylation is 1. The molecule has 0 radical (unpaired) electrons. The van der Waals surface area contributed by atoms with Crippen molar-refractivity contribution in [2.24, 2.45) is 0 Å². The number of aromatic amines is 1. The smallest absolute Gasteiger partial charge is 0.356 e. The molecule has 7 heteroatoms. The van der Waals surface area contributed by atoms with Gasteiger partial charge in [-0.25, -0.2) is 4.79 Å². The summed E-state index contributed by atoms with van der Waals surface area (Å²) in [4.78, 5) is 29.3. The normalized spacial score (nSPS) is 10.3. The number of aliphatic carboxylic acids is 1. The van der Waals surface area contributed by atoms with Crippen LogP contribution in [0, 0.1) is 0 Å². The fourth-order valence-corrected chi connectivity index (χ4v) is 2.09. The van der Waals surface area contributed by atoms with Crippen molar-refractivity contribution in [1.29, 1.82) is 0 Å². The number of carbonyl (C=O) groups is 2. The molecule has 0 unspecified atom stereocenters. The van der Waals surface area contributed by atoms with Crippen LogP contribution in [0.1, 0.15) is 22.6 Å². The summed E-state index contributed by atoms with van der Waals surface area (Å²) in [5, 5.41) is 8.82. The second kappa shape index (κ2) is 6.08. The van der Waals surface area contributed by atoms with E-state index in [9.17, 15) is 9.59 Å². The van der Waals surface area contributed by atoms with Crippen LogP contribution in [-0.2, 0) is 16.0 Å². The van der Waals surface area contributed by atoms with Gasteiger partial charge in [-0.1, -0.05) is 6.07 Å². The molecule has 0 aliphatic carbocycles. The molecule has 0 saturated heterocycles. The van der Waals surface area contributed by atoms with Gasteiger partial charge in [0.15, 0.2) is 0 Å². The fraction of sp³-hybridized carbons (Fsp3) is 0.214. The van der Waals surface area contributed by atoms with E-state index in [1.807, 2.05) is 0 Å². The molecule has 2 aromatic heterocycles. The molecule has 0 fully saturated rings. The molecular formula is C14H15N3O4. The lowest BCUT2D eigenvalue weighted by atomic mass is 10.0. The minimum atomic E-state index is -0.931. The van der Waals surface area contributed by atoms with Gasteiger partial charge >= 0.3 is 11.9 Å². The van der Waals surface area contributed by atoms with Crippen molar-refractivity contribution in [3.8, 4) is 11.1 Å². The minimum Gasteiger partial charge on any atom is -0.481 e. The number of nitrogens with zero attached hydrogens (tertiary/aromatic N) is 1. The van der Waals surface area contributed by atoms with E-state index < -0.39 is 11.9 Å². The molecule has 2 rings (SSSR count). The lowest BCUT2D eigenvalue weighted by Crippen LogP contribution is -2.05. The molecule has 0 aliphatic rings. The highest BCUT2D eigenvalue weighted by molar-refractivity contribution is 5.99. The molecule has 0 amide bonds. The zero-order valence-corrected chi connectivity index (χ0v) is 11.4. The van der Waals surface area contributed by atoms with Crippen molar-refractivity contribution in [2.75, 3.05) is 12.8 Å². The number of anilines is 1. The lowest BCUT2D eigenvalue weighted by molar-refractivity contribution is -0.136. The summed E-state index contributed by atoms with van der Waals surface area (Å²) in [6.07, 6.45) is 3.37. The predicted molar refractivity (Wildman–Crippen MR) is 75.7 cm³/mol. The Labute approximate surface area is 120 Å². The van der Waals surface area contributed by atoms with Gasteiger partial charge in [0.1, 0.15) is 5.69 Å². The van der Waals surface area contributed by atoms with Crippen LogP contribution in [0.2, 0.25) is 0 Å². The van der Waals surface area contributed by atoms with Gasteiger partial charge in [0.05, 0.1) is 19.2 Å². The van der Waals surface area contributed by atoms with E-state index in [4.69, 9.17) is 10.8 Å². The molecule has 0 aliphatic heterocycles. The maximum atomic E-state index is 11.7. The Balaban J connectivity index is 2.51. The van der Waals surface area contributed by atoms with Gasteiger partial charge < -0.3 is 20.6 Å². The Morgan fingerprint density at radius 3 is 2.81 bits per heavy atom. The largest absolute Gasteiger partial charge is 0.481 e. The van der Waals surface area contributed by atoms with Crippen LogP contribution in [0.25, 0.3) is 11.1 Å². The van der Waals surface area contributed by atoms with E-state index in [0.29, 0.717) is 16.8 Å². The van der Waals surface area contributed by atoms with Crippen LogP contribution in [-0.4, -0.2) is 34.1 Å². The number of aromatic nitrogens is 2. The summed E-state index contributed by atoms with van der Waals surface area (Å²) < 4.78 is 4.66. The number of nitrogens with two attached hydrogens (primary N) is 1. The first-order chi connectivity index (χ1) is 10.0. The number of carbonyl (C=O) groups excluding carboxylic acids is 1. The van der Waals surface area contributed by atoms with Gasteiger partial charge in [-0.2, -0.15) is 0 Å². The van der Waals surface area contributed by atoms with Crippen molar-refractivity contribution >= 4 is 17.6 Å². The number of hydrogen-bond acceptors (Lipinski definition) is 5. The number of carboxylic acids is 1. The molecule has 4 N–H and O–H groups in total. The van der Waals surface area contributed by atoms with Crippen molar-refractivity contribution in [1.82, 2.24) is 9.97 Å². The van der Waals surface area contributed by atoms with E-state index in [0.717, 1.165) is 0 Å². The summed E-state index contributed by atoms with van der Waals surface area (Å²) in [5.74, 6) is -1.53. The number of esters is 1. The van der Waals surface area contributed by atoms with Crippen molar-refractivity contribution in [3.05, 3.63) is 35.9 Å². The second-order valence-corrected chi connectivity index (χ2v) is 4.39. The summed E-state index contributed by atoms with van der Waals surface area (Å²) in [6.45, 7) is 0. The summed E-state index contributed by atoms with van der Waals surface area (Å²) in [7, 11) is 1.25. The molecule has 0 bridgehead atoms. The van der Waals surface area contributed by atoms with E-state index in [-0.39, 0.29) is 24.2 Å². The number of carboxylic acid groups (broad SMARTS) is 1. The molecule has 0 aromatic carbocycles. The van der Waals surface area contributed by atoms with E-state index in [1.165, 1.54) is 7.11 Å². The maximum Gasteiger partial charge on any atom is 0.356 e. The van der Waals surface area contributed by atoms with Crippen molar-refractivity contribution in [3.63, 3.8) is 0 Å². The van der Waals surface area contributed by atoms with Gasteiger partial charge in [0.2, 0.25) is 0 Å². The number of pyridine rings is 1. The van der Waals surface area contributed by atoms with Gasteiger partial charge in [-0.05, 0) is 12.5 Å². The highest BCUT2D eigenvalue weighted by Crippen LogP contribution is 2.33. The number of rotatable bonds is 5. The topological polar surface area (TPSA) is 118 Å².